The lowest BCUT2D eigenvalue weighted by molar-refractivity contribution is 0.0595. The number of thiazole rings is 1. The average molecular weight is 345 g/mol. The van der Waals surface area contributed by atoms with Crippen LogP contribution < -0.4 is 10.2 Å². The second kappa shape index (κ2) is 6.28. The van der Waals surface area contributed by atoms with Gasteiger partial charge in [-0.2, -0.15) is 0 Å². The summed E-state index contributed by atoms with van der Waals surface area (Å²) >= 11 is 1.14. The molecule has 0 atom stereocenters. The maximum atomic E-state index is 12.3. The minimum absolute atomic E-state index is 0.156. The number of esters is 1. The number of anilines is 2. The third-order valence-electron chi connectivity index (χ3n) is 3.30. The molecule has 1 amide bonds. The zero-order valence-corrected chi connectivity index (χ0v) is 14.1. The summed E-state index contributed by atoms with van der Waals surface area (Å²) in [6.45, 7) is 0. The van der Waals surface area contributed by atoms with Crippen molar-refractivity contribution in [2.24, 2.45) is 0 Å². The molecule has 0 aliphatic rings. The highest BCUT2D eigenvalue weighted by molar-refractivity contribution is 7.14. The third kappa shape index (κ3) is 3.06. The highest BCUT2D eigenvalue weighted by atomic mass is 32.1. The van der Waals surface area contributed by atoms with E-state index in [-0.39, 0.29) is 11.4 Å². The van der Waals surface area contributed by atoms with Gasteiger partial charge < -0.3 is 14.0 Å². The van der Waals surface area contributed by atoms with E-state index in [4.69, 9.17) is 0 Å². The average Bonchev–Trinajstić information content (AvgIpc) is 3.19. The summed E-state index contributed by atoms with van der Waals surface area (Å²) in [5.74, 6) is -0.938. The van der Waals surface area contributed by atoms with Gasteiger partial charge in [0.15, 0.2) is 10.8 Å². The Labute approximate surface area is 141 Å². The van der Waals surface area contributed by atoms with Gasteiger partial charge in [-0.15, -0.1) is 11.3 Å². The first kappa shape index (κ1) is 15.9. The fourth-order valence-corrected chi connectivity index (χ4v) is 2.72. The van der Waals surface area contributed by atoms with Gasteiger partial charge in [-0.05, 0) is 12.1 Å². The van der Waals surface area contributed by atoms with Crippen LogP contribution in [0.15, 0.2) is 29.9 Å². The van der Waals surface area contributed by atoms with Crippen molar-refractivity contribution in [3.63, 3.8) is 0 Å². The molecule has 0 spiro atoms. The number of hydrogen-bond donors (Lipinski definition) is 1. The normalized spacial score (nSPS) is 10.6. The number of amides is 1. The molecule has 1 N–H and O–H groups in total. The van der Waals surface area contributed by atoms with E-state index < -0.39 is 11.9 Å². The van der Waals surface area contributed by atoms with Crippen LogP contribution in [0, 0.1) is 0 Å². The molecule has 3 heterocycles. The molecule has 3 aromatic rings. The minimum atomic E-state index is -0.546. The van der Waals surface area contributed by atoms with Crippen LogP contribution >= 0.6 is 11.3 Å². The van der Waals surface area contributed by atoms with Gasteiger partial charge in [-0.1, -0.05) is 0 Å². The number of nitrogens with zero attached hydrogens (tertiary/aromatic N) is 4. The summed E-state index contributed by atoms with van der Waals surface area (Å²) < 4.78 is 6.37. The Balaban J connectivity index is 1.81. The van der Waals surface area contributed by atoms with Crippen LogP contribution in [-0.2, 0) is 4.74 Å². The summed E-state index contributed by atoms with van der Waals surface area (Å²) in [7, 11) is 5.15. The molecular weight excluding hydrogens is 330 g/mol. The molecule has 0 aliphatic carbocycles. The molecule has 0 aliphatic heterocycles. The Hall–Kier alpha value is -2.94. The summed E-state index contributed by atoms with van der Waals surface area (Å²) in [5, 5.41) is 4.46. The summed E-state index contributed by atoms with van der Waals surface area (Å²) in [6.07, 6.45) is 3.53. The molecule has 9 heteroatoms. The number of imidazole rings is 1. The van der Waals surface area contributed by atoms with E-state index in [1.807, 2.05) is 37.3 Å². The number of pyridine rings is 1. The first-order valence-corrected chi connectivity index (χ1v) is 7.87. The van der Waals surface area contributed by atoms with Gasteiger partial charge in [0.25, 0.3) is 5.91 Å². The SMILES string of the molecule is COC(=O)c1csc(NC(=O)c2cn3cc(N(C)C)ccc3n2)n1. The number of fused-ring (bicyclic) bond motifs is 1. The summed E-state index contributed by atoms with van der Waals surface area (Å²) in [4.78, 5) is 33.9. The summed E-state index contributed by atoms with van der Waals surface area (Å²) in [6, 6.07) is 3.76. The molecule has 24 heavy (non-hydrogen) atoms. The van der Waals surface area contributed by atoms with Gasteiger partial charge in [0.1, 0.15) is 11.3 Å². The number of rotatable bonds is 4. The number of carbonyl (C=O) groups is 2. The Morgan fingerprint density at radius 3 is 2.71 bits per heavy atom. The van der Waals surface area contributed by atoms with Gasteiger partial charge in [-0.3, -0.25) is 10.1 Å². The predicted octanol–water partition coefficient (Wildman–Crippen LogP) is 1.90. The van der Waals surface area contributed by atoms with Crippen molar-refractivity contribution in [3.05, 3.63) is 41.3 Å². The maximum absolute atomic E-state index is 12.3. The smallest absolute Gasteiger partial charge is 0.357 e. The van der Waals surface area contributed by atoms with Gasteiger partial charge in [0, 0.05) is 31.9 Å². The van der Waals surface area contributed by atoms with E-state index in [0.29, 0.717) is 10.8 Å². The lowest BCUT2D eigenvalue weighted by atomic mass is 10.4. The standard InChI is InChI=1S/C15H15N5O3S/c1-19(2)9-4-5-12-16-10(7-20(12)6-9)13(21)18-15-17-11(8-24-15)14(22)23-3/h4-8H,1-3H3,(H,17,18,21). The fraction of sp³-hybridized carbons (Fsp3) is 0.200. The molecule has 0 aromatic carbocycles. The number of methoxy groups -OCH3 is 1. The van der Waals surface area contributed by atoms with Crippen molar-refractivity contribution in [2.45, 2.75) is 0 Å². The number of nitrogens with one attached hydrogen (secondary N) is 1. The van der Waals surface area contributed by atoms with Crippen LogP contribution in [0.3, 0.4) is 0 Å². The van der Waals surface area contributed by atoms with Crippen molar-refractivity contribution in [3.8, 4) is 0 Å². The second-order valence-corrected chi connectivity index (χ2v) is 6.02. The molecule has 0 saturated heterocycles. The summed E-state index contributed by atoms with van der Waals surface area (Å²) in [5.41, 5.74) is 2.08. The molecule has 124 valence electrons. The van der Waals surface area contributed by atoms with Gasteiger partial charge in [0.05, 0.1) is 12.8 Å². The van der Waals surface area contributed by atoms with Crippen LogP contribution in [-0.4, -0.2) is 47.5 Å². The van der Waals surface area contributed by atoms with Crippen molar-refractivity contribution in [1.82, 2.24) is 14.4 Å². The van der Waals surface area contributed by atoms with Gasteiger partial charge >= 0.3 is 5.97 Å². The van der Waals surface area contributed by atoms with E-state index in [2.05, 4.69) is 20.0 Å². The Kier molecular flexibility index (Phi) is 4.17. The minimum Gasteiger partial charge on any atom is -0.464 e. The highest BCUT2D eigenvalue weighted by Gasteiger charge is 2.15. The van der Waals surface area contributed by atoms with Crippen LogP contribution in [0.4, 0.5) is 10.8 Å². The largest absolute Gasteiger partial charge is 0.464 e. The lowest BCUT2D eigenvalue weighted by Gasteiger charge is -2.11. The Bertz CT molecular complexity index is 915. The number of carbonyl (C=O) groups excluding carboxylic acids is 2. The van der Waals surface area contributed by atoms with E-state index >= 15 is 0 Å². The monoisotopic (exact) mass is 345 g/mol. The molecular formula is C15H15N5O3S. The Morgan fingerprint density at radius 2 is 2.00 bits per heavy atom. The van der Waals surface area contributed by atoms with Crippen molar-refractivity contribution in [1.29, 1.82) is 0 Å². The molecule has 3 rings (SSSR count). The van der Waals surface area contributed by atoms with Gasteiger partial charge in [-0.25, -0.2) is 14.8 Å². The molecule has 0 unspecified atom stereocenters. The van der Waals surface area contributed by atoms with Crippen molar-refractivity contribution < 1.29 is 14.3 Å². The quantitative estimate of drug-likeness (QED) is 0.727. The molecule has 3 aromatic heterocycles. The molecule has 8 nitrogen and oxygen atoms in total. The van der Waals surface area contributed by atoms with Crippen LogP contribution in [0.25, 0.3) is 5.65 Å². The van der Waals surface area contributed by atoms with Crippen molar-refractivity contribution in [2.75, 3.05) is 31.4 Å². The zero-order valence-electron chi connectivity index (χ0n) is 13.3. The fourth-order valence-electron chi connectivity index (χ4n) is 2.04. The maximum Gasteiger partial charge on any atom is 0.357 e. The highest BCUT2D eigenvalue weighted by Crippen LogP contribution is 2.18. The van der Waals surface area contributed by atoms with Crippen LogP contribution in [0.1, 0.15) is 21.0 Å². The molecule has 0 saturated carbocycles. The van der Waals surface area contributed by atoms with E-state index in [0.717, 1.165) is 17.0 Å². The number of aromatic nitrogens is 3. The first-order valence-electron chi connectivity index (χ1n) is 6.99. The Morgan fingerprint density at radius 1 is 1.21 bits per heavy atom. The number of ether oxygens (including phenoxy) is 1. The van der Waals surface area contributed by atoms with E-state index in [1.165, 1.54) is 12.5 Å². The second-order valence-electron chi connectivity index (χ2n) is 5.16. The third-order valence-corrected chi connectivity index (χ3v) is 4.06. The molecule has 0 radical (unpaired) electrons. The predicted molar refractivity (Wildman–Crippen MR) is 90.9 cm³/mol. The lowest BCUT2D eigenvalue weighted by Crippen LogP contribution is -2.12. The van der Waals surface area contributed by atoms with Gasteiger partial charge in [0.2, 0.25) is 0 Å². The first-order chi connectivity index (χ1) is 11.5. The van der Waals surface area contributed by atoms with E-state index in [9.17, 15) is 9.59 Å². The van der Waals surface area contributed by atoms with Crippen LogP contribution in [0.5, 0.6) is 0 Å². The zero-order chi connectivity index (χ0) is 17.3. The van der Waals surface area contributed by atoms with E-state index in [1.54, 1.807) is 10.6 Å². The van der Waals surface area contributed by atoms with Crippen molar-refractivity contribution >= 4 is 39.7 Å². The number of hydrogen-bond acceptors (Lipinski definition) is 7. The topological polar surface area (TPSA) is 88.8 Å². The molecule has 0 bridgehead atoms. The van der Waals surface area contributed by atoms with Crippen LogP contribution in [0.2, 0.25) is 0 Å². The molecule has 0 fully saturated rings.